The van der Waals surface area contributed by atoms with E-state index in [4.69, 9.17) is 10.2 Å². The highest BCUT2D eigenvalue weighted by atomic mass is 19.1. The molecule has 0 saturated heterocycles. The monoisotopic (exact) mass is 186 g/mol. The fourth-order valence-electron chi connectivity index (χ4n) is 0.765. The Hall–Kier alpha value is -1.78. The molecule has 0 spiro atoms. The van der Waals surface area contributed by atoms with E-state index in [1.807, 2.05) is 0 Å². The predicted molar refractivity (Wildman–Crippen MR) is 41.0 cm³/mol. The van der Waals surface area contributed by atoms with E-state index >= 15 is 0 Å². The lowest BCUT2D eigenvalue weighted by Crippen LogP contribution is -2.02. The molecular formula is C8H7FO4. The Morgan fingerprint density at radius 3 is 2.46 bits per heavy atom. The zero-order valence-electron chi connectivity index (χ0n) is 6.74. The summed E-state index contributed by atoms with van der Waals surface area (Å²) in [5.74, 6) is -3.18. The minimum atomic E-state index is -0.912. The van der Waals surface area contributed by atoms with Gasteiger partial charge < -0.3 is 14.9 Å². The number of hydrogen-bond donors (Lipinski definition) is 2. The number of carbonyl (C=O) groups is 1. The summed E-state index contributed by atoms with van der Waals surface area (Å²) in [7, 11) is 0. The zero-order valence-corrected chi connectivity index (χ0v) is 6.74. The number of rotatable bonds is 1. The van der Waals surface area contributed by atoms with E-state index < -0.39 is 29.0 Å². The molecule has 1 aromatic rings. The van der Waals surface area contributed by atoms with E-state index in [2.05, 4.69) is 4.74 Å². The number of hydrogen-bond acceptors (Lipinski definition) is 4. The second kappa shape index (κ2) is 3.30. The second-order valence-corrected chi connectivity index (χ2v) is 2.36. The fraction of sp³-hybridized carbons (Fsp3) is 0.125. The van der Waals surface area contributed by atoms with E-state index in [-0.39, 0.29) is 0 Å². The van der Waals surface area contributed by atoms with Crippen molar-refractivity contribution >= 4 is 5.97 Å². The van der Waals surface area contributed by atoms with E-state index in [0.29, 0.717) is 6.07 Å². The Morgan fingerprint density at radius 2 is 1.92 bits per heavy atom. The molecule has 0 fully saturated rings. The van der Waals surface area contributed by atoms with Crippen molar-refractivity contribution in [3.8, 4) is 17.2 Å². The van der Waals surface area contributed by atoms with E-state index in [9.17, 15) is 9.18 Å². The molecule has 13 heavy (non-hydrogen) atoms. The van der Waals surface area contributed by atoms with Gasteiger partial charge in [-0.3, -0.25) is 4.79 Å². The van der Waals surface area contributed by atoms with Crippen LogP contribution in [0.15, 0.2) is 12.1 Å². The molecule has 0 bridgehead atoms. The van der Waals surface area contributed by atoms with Crippen molar-refractivity contribution in [3.63, 3.8) is 0 Å². The summed E-state index contributed by atoms with van der Waals surface area (Å²) in [6, 6.07) is 1.49. The average Bonchev–Trinajstić information content (AvgIpc) is 1.99. The maximum Gasteiger partial charge on any atom is 0.308 e. The third-order valence-corrected chi connectivity index (χ3v) is 1.28. The van der Waals surface area contributed by atoms with Gasteiger partial charge in [0.25, 0.3) is 0 Å². The lowest BCUT2D eigenvalue weighted by molar-refractivity contribution is -0.132. The lowest BCUT2D eigenvalue weighted by atomic mass is 10.3. The van der Waals surface area contributed by atoms with Gasteiger partial charge in [0.2, 0.25) is 0 Å². The van der Waals surface area contributed by atoms with Crippen molar-refractivity contribution in [2.75, 3.05) is 0 Å². The molecule has 1 rings (SSSR count). The van der Waals surface area contributed by atoms with Crippen molar-refractivity contribution in [1.82, 2.24) is 0 Å². The molecule has 0 aromatic heterocycles. The molecule has 0 saturated carbocycles. The maximum atomic E-state index is 12.8. The van der Waals surface area contributed by atoms with E-state index in [1.54, 1.807) is 0 Å². The van der Waals surface area contributed by atoms with Crippen LogP contribution < -0.4 is 4.74 Å². The number of halogens is 1. The first-order chi connectivity index (χ1) is 6.00. The van der Waals surface area contributed by atoms with Crippen LogP contribution in [0.3, 0.4) is 0 Å². The standard InChI is InChI=1S/C8H7FO4/c1-4(10)13-8-3-7(12)6(11)2-5(8)9/h2-3,11-12H,1H3. The molecule has 0 amide bonds. The van der Waals surface area contributed by atoms with Gasteiger partial charge in [-0.1, -0.05) is 0 Å². The minimum absolute atomic E-state index is 0.414. The lowest BCUT2D eigenvalue weighted by Gasteiger charge is -2.04. The molecular weight excluding hydrogens is 179 g/mol. The molecule has 0 aliphatic rings. The molecule has 0 aliphatic heterocycles. The van der Waals surface area contributed by atoms with Crippen LogP contribution in [-0.4, -0.2) is 16.2 Å². The highest BCUT2D eigenvalue weighted by Gasteiger charge is 2.10. The molecule has 2 N–H and O–H groups in total. The Bertz CT molecular complexity index is 348. The molecule has 1 aromatic carbocycles. The van der Waals surface area contributed by atoms with Gasteiger partial charge >= 0.3 is 5.97 Å². The third-order valence-electron chi connectivity index (χ3n) is 1.28. The van der Waals surface area contributed by atoms with Gasteiger partial charge in [0.15, 0.2) is 23.1 Å². The van der Waals surface area contributed by atoms with Crippen LogP contribution in [0.5, 0.6) is 17.2 Å². The van der Waals surface area contributed by atoms with Gasteiger partial charge in [0.1, 0.15) is 0 Å². The van der Waals surface area contributed by atoms with Crippen molar-refractivity contribution in [2.45, 2.75) is 6.92 Å². The van der Waals surface area contributed by atoms with Gasteiger partial charge in [-0.15, -0.1) is 0 Å². The van der Waals surface area contributed by atoms with Crippen LogP contribution in [0, 0.1) is 5.82 Å². The number of phenolic OH excluding ortho intramolecular Hbond substituents is 2. The van der Waals surface area contributed by atoms with Crippen LogP contribution in [0.4, 0.5) is 4.39 Å². The first-order valence-electron chi connectivity index (χ1n) is 3.40. The summed E-state index contributed by atoms with van der Waals surface area (Å²) < 4.78 is 17.2. The maximum absolute atomic E-state index is 12.8. The first-order valence-corrected chi connectivity index (χ1v) is 3.40. The summed E-state index contributed by atoms with van der Waals surface area (Å²) in [6.45, 7) is 1.10. The molecule has 0 heterocycles. The van der Waals surface area contributed by atoms with Crippen molar-refractivity contribution in [3.05, 3.63) is 17.9 Å². The van der Waals surface area contributed by atoms with Crippen LogP contribution >= 0.6 is 0 Å². The topological polar surface area (TPSA) is 66.8 Å². The number of phenols is 2. The number of ether oxygens (including phenoxy) is 1. The summed E-state index contributed by atoms with van der Waals surface area (Å²) >= 11 is 0. The predicted octanol–water partition coefficient (Wildman–Crippen LogP) is 1.16. The Morgan fingerprint density at radius 1 is 1.38 bits per heavy atom. The number of benzene rings is 1. The number of carbonyl (C=O) groups excluding carboxylic acids is 1. The van der Waals surface area contributed by atoms with Crippen LogP contribution in [0.2, 0.25) is 0 Å². The van der Waals surface area contributed by atoms with E-state index in [0.717, 1.165) is 13.0 Å². The molecule has 0 atom stereocenters. The van der Waals surface area contributed by atoms with Crippen molar-refractivity contribution in [2.24, 2.45) is 0 Å². The highest BCUT2D eigenvalue weighted by Crippen LogP contribution is 2.31. The Balaban J connectivity index is 3.08. The number of esters is 1. The zero-order chi connectivity index (χ0) is 10.0. The molecule has 5 heteroatoms. The van der Waals surface area contributed by atoms with Gasteiger partial charge in [0, 0.05) is 19.1 Å². The molecule has 0 unspecified atom stereocenters. The molecule has 0 radical (unpaired) electrons. The van der Waals surface area contributed by atoms with Crippen LogP contribution in [-0.2, 0) is 4.79 Å². The smallest absolute Gasteiger partial charge is 0.308 e. The normalized spacial score (nSPS) is 9.69. The number of aromatic hydroxyl groups is 2. The summed E-state index contributed by atoms with van der Waals surface area (Å²) in [6.07, 6.45) is 0. The molecule has 4 nitrogen and oxygen atoms in total. The summed E-state index contributed by atoms with van der Waals surface area (Å²) in [5.41, 5.74) is 0. The van der Waals surface area contributed by atoms with Gasteiger partial charge in [0.05, 0.1) is 0 Å². The van der Waals surface area contributed by atoms with E-state index in [1.165, 1.54) is 0 Å². The minimum Gasteiger partial charge on any atom is -0.504 e. The second-order valence-electron chi connectivity index (χ2n) is 2.36. The fourth-order valence-corrected chi connectivity index (χ4v) is 0.765. The molecule has 0 aliphatic carbocycles. The van der Waals surface area contributed by atoms with Crippen molar-refractivity contribution in [1.29, 1.82) is 0 Å². The first kappa shape index (κ1) is 9.31. The SMILES string of the molecule is CC(=O)Oc1cc(O)c(O)cc1F. The Kier molecular flexibility index (Phi) is 2.36. The quantitative estimate of drug-likeness (QED) is 0.392. The van der Waals surface area contributed by atoms with Gasteiger partial charge in [-0.05, 0) is 0 Å². The summed E-state index contributed by atoms with van der Waals surface area (Å²) in [4.78, 5) is 10.4. The van der Waals surface area contributed by atoms with Gasteiger partial charge in [-0.2, -0.15) is 0 Å². The third kappa shape index (κ3) is 2.08. The Labute approximate surface area is 73.2 Å². The van der Waals surface area contributed by atoms with Crippen molar-refractivity contribution < 1.29 is 24.1 Å². The largest absolute Gasteiger partial charge is 0.504 e. The van der Waals surface area contributed by atoms with Crippen LogP contribution in [0.25, 0.3) is 0 Å². The summed E-state index contributed by atoms with van der Waals surface area (Å²) in [5, 5.41) is 17.8. The molecule has 70 valence electrons. The average molecular weight is 186 g/mol. The van der Waals surface area contributed by atoms with Gasteiger partial charge in [-0.25, -0.2) is 4.39 Å². The highest BCUT2D eigenvalue weighted by molar-refractivity contribution is 5.69. The van der Waals surface area contributed by atoms with Crippen LogP contribution in [0.1, 0.15) is 6.92 Å².